The molecule has 0 radical (unpaired) electrons. The van der Waals surface area contributed by atoms with Crippen LogP contribution in [0.2, 0.25) is 0 Å². The third-order valence-electron chi connectivity index (χ3n) is 3.28. The number of anilines is 1. The lowest BCUT2D eigenvalue weighted by atomic mass is 10.1. The number of hydrogen-bond acceptors (Lipinski definition) is 3. The van der Waals surface area contributed by atoms with Gasteiger partial charge in [0.15, 0.2) is 0 Å². The summed E-state index contributed by atoms with van der Waals surface area (Å²) in [4.78, 5) is 12.7. The zero-order chi connectivity index (χ0) is 12.4. The fourth-order valence-corrected chi connectivity index (χ4v) is 2.29. The molecular weight excluding hydrogens is 221 g/mol. The molecule has 2 unspecified atom stereocenters. The molecule has 4 heteroatoms. The van der Waals surface area contributed by atoms with Crippen LogP contribution in [0.3, 0.4) is 0 Å². The smallest absolute Gasteiger partial charge is 0.150 e. The molecule has 2 rings (SSSR count). The molecule has 0 N–H and O–H groups in total. The number of ether oxygens (including phenoxy) is 1. The van der Waals surface area contributed by atoms with E-state index in [1.165, 1.54) is 12.1 Å². The molecule has 1 heterocycles. The highest BCUT2D eigenvalue weighted by Gasteiger charge is 2.28. The van der Waals surface area contributed by atoms with Crippen molar-refractivity contribution in [2.24, 2.45) is 0 Å². The minimum Gasteiger partial charge on any atom is -0.376 e. The van der Waals surface area contributed by atoms with Gasteiger partial charge in [-0.15, -0.1) is 0 Å². The third-order valence-corrected chi connectivity index (χ3v) is 3.28. The van der Waals surface area contributed by atoms with E-state index in [0.29, 0.717) is 11.8 Å². The lowest BCUT2D eigenvalue weighted by Gasteiger charge is -2.29. The maximum atomic E-state index is 13.3. The van der Waals surface area contributed by atoms with E-state index in [4.69, 9.17) is 4.74 Å². The normalized spacial score (nSPS) is 23.7. The van der Waals surface area contributed by atoms with Gasteiger partial charge >= 0.3 is 0 Å². The number of carbonyl (C=O) groups excluding carboxylic acids is 1. The summed E-state index contributed by atoms with van der Waals surface area (Å²) < 4.78 is 18.8. The van der Waals surface area contributed by atoms with Gasteiger partial charge in [0, 0.05) is 24.9 Å². The Labute approximate surface area is 100 Å². The molecule has 0 saturated carbocycles. The predicted molar refractivity (Wildman–Crippen MR) is 64.0 cm³/mol. The topological polar surface area (TPSA) is 29.5 Å². The Bertz CT molecular complexity index is 422. The molecule has 1 aromatic rings. The Morgan fingerprint density at radius 3 is 2.82 bits per heavy atom. The summed E-state index contributed by atoms with van der Waals surface area (Å²) in [5.74, 6) is -0.386. The van der Waals surface area contributed by atoms with Crippen LogP contribution in [-0.4, -0.2) is 32.1 Å². The zero-order valence-corrected chi connectivity index (χ0v) is 10.0. The first-order chi connectivity index (χ1) is 8.11. The van der Waals surface area contributed by atoms with Crippen molar-refractivity contribution in [3.8, 4) is 0 Å². The maximum Gasteiger partial charge on any atom is 0.150 e. The van der Waals surface area contributed by atoms with E-state index in [1.54, 1.807) is 6.07 Å². The van der Waals surface area contributed by atoms with Gasteiger partial charge in [0.1, 0.15) is 12.1 Å². The first-order valence-corrected chi connectivity index (χ1v) is 5.72. The number of hydrogen-bond donors (Lipinski definition) is 0. The molecule has 0 amide bonds. The predicted octanol–water partition coefficient (Wildman–Crippen LogP) is 2.25. The third kappa shape index (κ3) is 2.47. The van der Waals surface area contributed by atoms with Crippen molar-refractivity contribution in [2.75, 3.05) is 18.6 Å². The van der Waals surface area contributed by atoms with Crippen molar-refractivity contribution < 1.29 is 13.9 Å². The van der Waals surface area contributed by atoms with Crippen LogP contribution >= 0.6 is 0 Å². The largest absolute Gasteiger partial charge is 0.376 e. The highest BCUT2D eigenvalue weighted by Crippen LogP contribution is 2.25. The van der Waals surface area contributed by atoms with Gasteiger partial charge in [0.05, 0.1) is 12.1 Å². The van der Waals surface area contributed by atoms with E-state index in [2.05, 4.69) is 0 Å². The van der Waals surface area contributed by atoms with Gasteiger partial charge in [-0.25, -0.2) is 4.39 Å². The van der Waals surface area contributed by atoms with E-state index >= 15 is 0 Å². The summed E-state index contributed by atoms with van der Waals surface area (Å²) in [6.45, 7) is 2.74. The summed E-state index contributed by atoms with van der Waals surface area (Å²) >= 11 is 0. The van der Waals surface area contributed by atoms with Crippen LogP contribution in [0, 0.1) is 5.82 Å². The van der Waals surface area contributed by atoms with E-state index < -0.39 is 0 Å². The van der Waals surface area contributed by atoms with E-state index in [9.17, 15) is 9.18 Å². The highest BCUT2D eigenvalue weighted by atomic mass is 19.1. The first-order valence-electron chi connectivity index (χ1n) is 5.72. The first kappa shape index (κ1) is 12.0. The van der Waals surface area contributed by atoms with Crippen LogP contribution in [0.1, 0.15) is 23.7 Å². The standard InChI is InChI=1S/C13H16FNO2/c1-9-13(3-4-17-9)15(2)12-6-10(8-16)5-11(14)7-12/h5-9,13H,3-4H2,1-2H3. The lowest BCUT2D eigenvalue weighted by molar-refractivity contribution is 0.112. The minimum absolute atomic E-state index is 0.128. The second-order valence-electron chi connectivity index (χ2n) is 4.40. The van der Waals surface area contributed by atoms with Gasteiger partial charge in [-0.1, -0.05) is 0 Å². The Kier molecular flexibility index (Phi) is 3.43. The number of nitrogens with zero attached hydrogens (tertiary/aromatic N) is 1. The molecule has 1 aliphatic rings. The molecule has 1 fully saturated rings. The summed E-state index contributed by atoms with van der Waals surface area (Å²) in [6, 6.07) is 4.61. The molecule has 1 saturated heterocycles. The molecule has 0 spiro atoms. The Balaban J connectivity index is 2.26. The van der Waals surface area contributed by atoms with Crippen LogP contribution in [-0.2, 0) is 4.74 Å². The Morgan fingerprint density at radius 1 is 1.47 bits per heavy atom. The SMILES string of the molecule is CC1OCCC1N(C)c1cc(F)cc(C=O)c1. The summed E-state index contributed by atoms with van der Waals surface area (Å²) in [6.07, 6.45) is 1.71. The number of rotatable bonds is 3. The molecule has 0 aliphatic carbocycles. The van der Waals surface area contributed by atoms with Crippen molar-refractivity contribution in [1.29, 1.82) is 0 Å². The number of likely N-dealkylation sites (N-methyl/N-ethyl adjacent to an activating group) is 1. The maximum absolute atomic E-state index is 13.3. The van der Waals surface area contributed by atoms with Crippen molar-refractivity contribution in [2.45, 2.75) is 25.5 Å². The van der Waals surface area contributed by atoms with Crippen molar-refractivity contribution >= 4 is 12.0 Å². The summed E-state index contributed by atoms with van der Waals surface area (Å²) in [5, 5.41) is 0. The van der Waals surface area contributed by atoms with E-state index in [0.717, 1.165) is 18.7 Å². The van der Waals surface area contributed by atoms with Gasteiger partial charge in [0.2, 0.25) is 0 Å². The fraction of sp³-hybridized carbons (Fsp3) is 0.462. The van der Waals surface area contributed by atoms with Crippen LogP contribution in [0.15, 0.2) is 18.2 Å². The summed E-state index contributed by atoms with van der Waals surface area (Å²) in [5.41, 5.74) is 1.08. The molecule has 1 aliphatic heterocycles. The van der Waals surface area contributed by atoms with Crippen LogP contribution < -0.4 is 4.90 Å². The van der Waals surface area contributed by atoms with Crippen molar-refractivity contribution in [3.05, 3.63) is 29.6 Å². The van der Waals surface area contributed by atoms with E-state index in [-0.39, 0.29) is 18.0 Å². The number of carbonyl (C=O) groups is 1. The minimum atomic E-state index is -0.386. The molecule has 92 valence electrons. The molecule has 2 atom stereocenters. The Hall–Kier alpha value is -1.42. The molecule has 1 aromatic carbocycles. The molecule has 0 aromatic heterocycles. The van der Waals surface area contributed by atoms with Gasteiger partial charge < -0.3 is 9.64 Å². The lowest BCUT2D eigenvalue weighted by Crippen LogP contribution is -2.36. The second kappa shape index (κ2) is 4.84. The van der Waals surface area contributed by atoms with Crippen LogP contribution in [0.5, 0.6) is 0 Å². The van der Waals surface area contributed by atoms with Gasteiger partial charge in [0.25, 0.3) is 0 Å². The zero-order valence-electron chi connectivity index (χ0n) is 10.0. The molecule has 0 bridgehead atoms. The summed E-state index contributed by atoms with van der Waals surface area (Å²) in [7, 11) is 1.90. The van der Waals surface area contributed by atoms with Gasteiger partial charge in [-0.05, 0) is 31.5 Å². The highest BCUT2D eigenvalue weighted by molar-refractivity contribution is 5.77. The molecular formula is C13H16FNO2. The van der Waals surface area contributed by atoms with Crippen LogP contribution in [0.4, 0.5) is 10.1 Å². The van der Waals surface area contributed by atoms with Crippen LogP contribution in [0.25, 0.3) is 0 Å². The van der Waals surface area contributed by atoms with Gasteiger partial charge in [-0.2, -0.15) is 0 Å². The number of halogens is 1. The average Bonchev–Trinajstić information content (AvgIpc) is 2.73. The van der Waals surface area contributed by atoms with Crippen molar-refractivity contribution in [1.82, 2.24) is 0 Å². The average molecular weight is 237 g/mol. The second-order valence-corrected chi connectivity index (χ2v) is 4.40. The van der Waals surface area contributed by atoms with Crippen molar-refractivity contribution in [3.63, 3.8) is 0 Å². The van der Waals surface area contributed by atoms with E-state index in [1.807, 2.05) is 18.9 Å². The quantitative estimate of drug-likeness (QED) is 0.755. The monoisotopic (exact) mass is 237 g/mol. The van der Waals surface area contributed by atoms with Gasteiger partial charge in [-0.3, -0.25) is 4.79 Å². The Morgan fingerprint density at radius 2 is 2.24 bits per heavy atom. The number of aldehydes is 1. The molecule has 3 nitrogen and oxygen atoms in total. The fourth-order valence-electron chi connectivity index (χ4n) is 2.29. The number of benzene rings is 1. The molecule has 17 heavy (non-hydrogen) atoms.